The van der Waals surface area contributed by atoms with Crippen molar-refractivity contribution in [3.05, 3.63) is 65.7 Å². The van der Waals surface area contributed by atoms with E-state index in [0.717, 1.165) is 37.6 Å². The highest BCUT2D eigenvalue weighted by atomic mass is 16.5. The number of hydrogen-bond acceptors (Lipinski definition) is 3. The molecular weight excluding hydrogens is 286 g/mol. The van der Waals surface area contributed by atoms with Gasteiger partial charge in [0.1, 0.15) is 5.75 Å². The third kappa shape index (κ3) is 4.34. The first kappa shape index (κ1) is 16.0. The van der Waals surface area contributed by atoms with E-state index < -0.39 is 0 Å². The summed E-state index contributed by atoms with van der Waals surface area (Å²) < 4.78 is 12.0. The molecule has 1 fully saturated rings. The summed E-state index contributed by atoms with van der Waals surface area (Å²) in [4.78, 5) is 2.45. The van der Waals surface area contributed by atoms with Crippen LogP contribution in [0.25, 0.3) is 0 Å². The second-order valence-electron chi connectivity index (χ2n) is 6.28. The van der Waals surface area contributed by atoms with Crippen molar-refractivity contribution in [2.45, 2.75) is 32.6 Å². The van der Waals surface area contributed by atoms with E-state index in [1.54, 1.807) is 0 Å². The molecular formula is C20H25NO2. The van der Waals surface area contributed by atoms with Gasteiger partial charge in [-0.05, 0) is 25.5 Å². The van der Waals surface area contributed by atoms with E-state index in [-0.39, 0.29) is 12.2 Å². The summed E-state index contributed by atoms with van der Waals surface area (Å²) in [7, 11) is 0. The zero-order valence-corrected chi connectivity index (χ0v) is 13.9. The molecule has 122 valence electrons. The van der Waals surface area contributed by atoms with E-state index in [1.807, 2.05) is 12.1 Å². The highest BCUT2D eigenvalue weighted by Crippen LogP contribution is 2.31. The van der Waals surface area contributed by atoms with Crippen LogP contribution < -0.4 is 4.74 Å². The molecule has 0 radical (unpaired) electrons. The average molecular weight is 311 g/mol. The lowest BCUT2D eigenvalue weighted by atomic mass is 10.1. The van der Waals surface area contributed by atoms with Gasteiger partial charge in [-0.15, -0.1) is 0 Å². The first-order chi connectivity index (χ1) is 11.2. The highest BCUT2D eigenvalue weighted by molar-refractivity contribution is 5.36. The summed E-state index contributed by atoms with van der Waals surface area (Å²) in [6, 6.07) is 18.8. The predicted octanol–water partition coefficient (Wildman–Crippen LogP) is 4.05. The minimum absolute atomic E-state index is 0.0717. The van der Waals surface area contributed by atoms with Gasteiger partial charge in [-0.1, -0.05) is 48.5 Å². The van der Waals surface area contributed by atoms with E-state index in [1.165, 1.54) is 5.56 Å². The van der Waals surface area contributed by atoms with Crippen molar-refractivity contribution in [2.24, 2.45) is 0 Å². The normalized spacial score (nSPS) is 19.0. The molecule has 1 atom stereocenters. The van der Waals surface area contributed by atoms with Crippen LogP contribution in [0.5, 0.6) is 5.75 Å². The number of rotatable bonds is 5. The number of para-hydroxylation sites is 1. The fourth-order valence-corrected chi connectivity index (χ4v) is 2.98. The lowest BCUT2D eigenvalue weighted by molar-refractivity contribution is -0.0343. The molecule has 0 N–H and O–H groups in total. The van der Waals surface area contributed by atoms with Gasteiger partial charge in [0.15, 0.2) is 0 Å². The Morgan fingerprint density at radius 3 is 2.61 bits per heavy atom. The highest BCUT2D eigenvalue weighted by Gasteiger charge is 2.24. The summed E-state index contributed by atoms with van der Waals surface area (Å²) in [5.41, 5.74) is 2.50. The van der Waals surface area contributed by atoms with Gasteiger partial charge < -0.3 is 9.47 Å². The molecule has 0 bridgehead atoms. The second kappa shape index (κ2) is 7.62. The second-order valence-corrected chi connectivity index (χ2v) is 6.28. The zero-order valence-electron chi connectivity index (χ0n) is 13.9. The van der Waals surface area contributed by atoms with Crippen LogP contribution in [-0.4, -0.2) is 30.7 Å². The van der Waals surface area contributed by atoms with Gasteiger partial charge in [0.25, 0.3) is 0 Å². The molecule has 3 rings (SSSR count). The molecule has 0 saturated carbocycles. The Morgan fingerprint density at radius 2 is 1.83 bits per heavy atom. The maximum atomic E-state index is 6.03. The summed E-state index contributed by atoms with van der Waals surface area (Å²) >= 11 is 0. The van der Waals surface area contributed by atoms with E-state index in [2.05, 4.69) is 61.2 Å². The number of nitrogens with zero attached hydrogens (tertiary/aromatic N) is 1. The summed E-state index contributed by atoms with van der Waals surface area (Å²) in [6.07, 6.45) is 0.238. The minimum atomic E-state index is 0.0717. The lowest BCUT2D eigenvalue weighted by Gasteiger charge is -2.34. The quantitative estimate of drug-likeness (QED) is 0.831. The fraction of sp³-hybridized carbons (Fsp3) is 0.400. The summed E-state index contributed by atoms with van der Waals surface area (Å²) in [5, 5.41) is 0. The van der Waals surface area contributed by atoms with E-state index in [9.17, 15) is 0 Å². The molecule has 0 aliphatic carbocycles. The third-order valence-electron chi connectivity index (χ3n) is 4.03. The van der Waals surface area contributed by atoms with Gasteiger partial charge >= 0.3 is 0 Å². The van der Waals surface area contributed by atoms with Gasteiger partial charge in [-0.25, -0.2) is 0 Å². The standard InChI is InChI=1S/C20H25NO2/c1-16(2)23-19-11-7-6-10-18(19)20-15-21(12-13-22-20)14-17-8-4-3-5-9-17/h3-11,16,20H,12-15H2,1-2H3. The van der Waals surface area contributed by atoms with Crippen LogP contribution in [0.1, 0.15) is 31.1 Å². The van der Waals surface area contributed by atoms with Gasteiger partial charge in [0, 0.05) is 25.2 Å². The first-order valence-electron chi connectivity index (χ1n) is 8.36. The molecule has 0 amide bonds. The number of hydrogen-bond donors (Lipinski definition) is 0. The Kier molecular flexibility index (Phi) is 5.31. The first-order valence-corrected chi connectivity index (χ1v) is 8.36. The van der Waals surface area contributed by atoms with Crippen molar-refractivity contribution in [2.75, 3.05) is 19.7 Å². The molecule has 1 aliphatic heterocycles. The molecule has 1 saturated heterocycles. The topological polar surface area (TPSA) is 21.7 Å². The molecule has 23 heavy (non-hydrogen) atoms. The maximum Gasteiger partial charge on any atom is 0.125 e. The molecule has 3 heteroatoms. The van der Waals surface area contributed by atoms with E-state index in [0.29, 0.717) is 0 Å². The monoisotopic (exact) mass is 311 g/mol. The Labute approximate surface area is 138 Å². The molecule has 2 aromatic rings. The average Bonchev–Trinajstić information content (AvgIpc) is 2.56. The molecule has 3 nitrogen and oxygen atoms in total. The molecule has 1 unspecified atom stereocenters. The SMILES string of the molecule is CC(C)Oc1ccccc1C1CN(Cc2ccccc2)CCO1. The molecule has 0 spiro atoms. The number of ether oxygens (including phenoxy) is 2. The van der Waals surface area contributed by atoms with Gasteiger partial charge in [-0.3, -0.25) is 4.90 Å². The third-order valence-corrected chi connectivity index (χ3v) is 4.03. The smallest absolute Gasteiger partial charge is 0.125 e. The Hall–Kier alpha value is -1.84. The number of benzene rings is 2. The van der Waals surface area contributed by atoms with Crippen LogP contribution in [0.15, 0.2) is 54.6 Å². The van der Waals surface area contributed by atoms with Crippen LogP contribution in [0.3, 0.4) is 0 Å². The van der Waals surface area contributed by atoms with Gasteiger partial charge in [0.2, 0.25) is 0 Å². The van der Waals surface area contributed by atoms with Gasteiger partial charge in [-0.2, -0.15) is 0 Å². The van der Waals surface area contributed by atoms with Crippen LogP contribution in [0, 0.1) is 0 Å². The number of morpholine rings is 1. The van der Waals surface area contributed by atoms with Crippen LogP contribution in [-0.2, 0) is 11.3 Å². The van der Waals surface area contributed by atoms with E-state index >= 15 is 0 Å². The minimum Gasteiger partial charge on any atom is -0.491 e. The van der Waals surface area contributed by atoms with Crippen molar-refractivity contribution in [1.82, 2.24) is 4.90 Å². The van der Waals surface area contributed by atoms with Crippen molar-refractivity contribution < 1.29 is 9.47 Å². The van der Waals surface area contributed by atoms with Crippen molar-refractivity contribution in [3.8, 4) is 5.75 Å². The fourth-order valence-electron chi connectivity index (χ4n) is 2.98. The molecule has 1 aliphatic rings. The van der Waals surface area contributed by atoms with Crippen molar-refractivity contribution in [1.29, 1.82) is 0 Å². The molecule has 1 heterocycles. The van der Waals surface area contributed by atoms with Crippen LogP contribution in [0.4, 0.5) is 0 Å². The van der Waals surface area contributed by atoms with Crippen molar-refractivity contribution in [3.63, 3.8) is 0 Å². The van der Waals surface area contributed by atoms with Crippen LogP contribution >= 0.6 is 0 Å². The Bertz CT molecular complexity index is 612. The zero-order chi connectivity index (χ0) is 16.1. The summed E-state index contributed by atoms with van der Waals surface area (Å²) in [5.74, 6) is 0.939. The Balaban J connectivity index is 1.71. The van der Waals surface area contributed by atoms with Crippen molar-refractivity contribution >= 4 is 0 Å². The predicted molar refractivity (Wildman–Crippen MR) is 92.6 cm³/mol. The summed E-state index contributed by atoms with van der Waals surface area (Å²) in [6.45, 7) is 7.70. The lowest BCUT2D eigenvalue weighted by Crippen LogP contribution is -2.38. The largest absolute Gasteiger partial charge is 0.491 e. The Morgan fingerprint density at radius 1 is 1.09 bits per heavy atom. The molecule has 2 aromatic carbocycles. The molecule has 0 aromatic heterocycles. The maximum absolute atomic E-state index is 6.03. The van der Waals surface area contributed by atoms with Gasteiger partial charge in [0.05, 0.1) is 18.8 Å². The van der Waals surface area contributed by atoms with Crippen LogP contribution in [0.2, 0.25) is 0 Å². The van der Waals surface area contributed by atoms with E-state index in [4.69, 9.17) is 9.47 Å².